The Bertz CT molecular complexity index is 72.0. The molecule has 0 N–H and O–H groups in total. The predicted molar refractivity (Wildman–Crippen MR) is 24.1 cm³/mol. The molecular weight excluding hydrogens is 72.1 g/mol. The fraction of sp³-hybridized carbons (Fsp3) is 0. The molecule has 0 radical (unpaired) electrons. The quantitative estimate of drug-likeness (QED) is 0.436. The van der Waals surface area contributed by atoms with E-state index in [4.69, 9.17) is 0 Å². The van der Waals surface area contributed by atoms with Crippen LogP contribution in [0.15, 0.2) is 24.3 Å². The third-order valence-corrected chi connectivity index (χ3v) is 0.554. The Morgan fingerprint density at radius 1 is 0.833 bits per heavy atom. The third-order valence-electron chi connectivity index (χ3n) is 0.554. The molecule has 0 amide bonds. The van der Waals surface area contributed by atoms with Gasteiger partial charge in [0.1, 0.15) is 0 Å². The average Bonchev–Trinajstić information content (AvgIpc) is 1.72. The molecule has 6 heavy (non-hydrogen) atoms. The summed E-state index contributed by atoms with van der Waals surface area (Å²) >= 11 is 0. The van der Waals surface area contributed by atoms with Crippen LogP contribution in [0.4, 0.5) is 0 Å². The summed E-state index contributed by atoms with van der Waals surface area (Å²) in [6, 6.07) is 13.0. The van der Waals surface area contributed by atoms with Gasteiger partial charge in [0.15, 0.2) is 0 Å². The summed E-state index contributed by atoms with van der Waals surface area (Å²) in [6.07, 6.45) is 0. The summed E-state index contributed by atoms with van der Waals surface area (Å²) in [6.45, 7) is 0. The van der Waals surface area contributed by atoms with Crippen LogP contribution in [0.3, 0.4) is 0 Å². The molecule has 1 aromatic carbocycles. The summed E-state index contributed by atoms with van der Waals surface area (Å²) in [4.78, 5) is 0. The van der Waals surface area contributed by atoms with Crippen molar-refractivity contribution in [3.63, 3.8) is 0 Å². The highest BCUT2D eigenvalue weighted by Crippen LogP contribution is 1.71. The minimum Gasteiger partial charge on any atom is -0.0702 e. The van der Waals surface area contributed by atoms with Crippen molar-refractivity contribution >= 4 is 0 Å². The van der Waals surface area contributed by atoms with E-state index < -0.39 is 0 Å². The maximum absolute atomic E-state index is 2.77. The monoisotopic (exact) mass is 76.0 g/mol. The molecule has 1 rings (SSSR count). The van der Waals surface area contributed by atoms with Crippen LogP contribution in [0.25, 0.3) is 0 Å². The van der Waals surface area contributed by atoms with Crippen molar-refractivity contribution in [2.24, 2.45) is 0 Å². The first kappa shape index (κ1) is 3.24. The third kappa shape index (κ3) is 0.498. The molecule has 0 saturated carbocycles. The van der Waals surface area contributed by atoms with Gasteiger partial charge < -0.3 is 0 Å². The lowest BCUT2D eigenvalue weighted by Crippen LogP contribution is -1.43. The van der Waals surface area contributed by atoms with Crippen molar-refractivity contribution < 1.29 is 0 Å². The lowest BCUT2D eigenvalue weighted by atomic mass is 10.4. The van der Waals surface area contributed by atoms with Gasteiger partial charge >= 0.3 is 0 Å². The molecule has 0 saturated heterocycles. The highest BCUT2D eigenvalue weighted by molar-refractivity contribution is 4.89. The maximum Gasteiger partial charge on any atom is -0.0115 e. The van der Waals surface area contributed by atoms with E-state index in [1.807, 2.05) is 24.3 Å². The van der Waals surface area contributed by atoms with Crippen LogP contribution in [-0.2, 0) is 0 Å². The van der Waals surface area contributed by atoms with Crippen molar-refractivity contribution in [2.45, 2.75) is 0 Å². The van der Waals surface area contributed by atoms with E-state index in [9.17, 15) is 0 Å². The fourth-order valence-electron chi connectivity index (χ4n) is 0.304. The molecule has 1 aromatic rings. The maximum atomic E-state index is 2.77. The highest BCUT2D eigenvalue weighted by atomic mass is 13.6. The molecule has 0 nitrogen and oxygen atoms in total. The summed E-state index contributed by atoms with van der Waals surface area (Å²) in [7, 11) is 0. The molecule has 0 heterocycles. The molecule has 0 spiro atoms. The minimum absolute atomic E-state index is 1.82. The standard InChI is InChI=1S/C6H4/c1-2-4-6-5-3-1/h1-4H. The summed E-state index contributed by atoms with van der Waals surface area (Å²) < 4.78 is 0. The van der Waals surface area contributed by atoms with E-state index in [1.165, 1.54) is 0 Å². The second-order valence-electron chi connectivity index (χ2n) is 1.01. The van der Waals surface area contributed by atoms with Crippen LogP contribution in [-0.4, -0.2) is 0 Å². The van der Waals surface area contributed by atoms with Gasteiger partial charge in [-0.25, -0.2) is 0 Å². The van der Waals surface area contributed by atoms with Gasteiger partial charge in [0, 0.05) is 0 Å². The van der Waals surface area contributed by atoms with Gasteiger partial charge in [0.25, 0.3) is 0 Å². The van der Waals surface area contributed by atoms with E-state index in [-0.39, 0.29) is 0 Å². The molecule has 0 aliphatic heterocycles. The molecular formula is C6H4. The zero-order valence-electron chi connectivity index (χ0n) is 3.31. The minimum atomic E-state index is 1.82. The van der Waals surface area contributed by atoms with E-state index in [0.717, 1.165) is 0 Å². The zero-order chi connectivity index (χ0) is 4.24. The van der Waals surface area contributed by atoms with Crippen LogP contribution >= 0.6 is 0 Å². The number of hydrogen-bond acceptors (Lipinski definition) is 0. The Balaban J connectivity index is 3.00. The highest BCUT2D eigenvalue weighted by Gasteiger charge is 1.53. The summed E-state index contributed by atoms with van der Waals surface area (Å²) in [5.74, 6) is 0. The van der Waals surface area contributed by atoms with Crippen LogP contribution in [0, 0.1) is 12.1 Å². The number of rotatable bonds is 0. The lowest BCUT2D eigenvalue weighted by Gasteiger charge is -1.61. The van der Waals surface area contributed by atoms with Gasteiger partial charge in [-0.2, -0.15) is 0 Å². The van der Waals surface area contributed by atoms with Gasteiger partial charge in [-0.1, -0.05) is 24.3 Å². The van der Waals surface area contributed by atoms with Crippen LogP contribution in [0.1, 0.15) is 0 Å². The molecule has 0 fully saturated rings. The second kappa shape index (κ2) is 1.47. The second-order valence-corrected chi connectivity index (χ2v) is 1.01. The normalized spacial score (nSPS) is 6.67. The predicted octanol–water partition coefficient (Wildman–Crippen LogP) is 1.29. The van der Waals surface area contributed by atoms with Gasteiger partial charge in [-0.05, 0) is 12.1 Å². The van der Waals surface area contributed by atoms with Gasteiger partial charge in [-0.15, -0.1) is 0 Å². The van der Waals surface area contributed by atoms with Crippen LogP contribution in [0.2, 0.25) is 0 Å². The van der Waals surface area contributed by atoms with Gasteiger partial charge in [-0.3, -0.25) is 0 Å². The molecule has 0 aliphatic rings. The zero-order valence-corrected chi connectivity index (χ0v) is 3.31. The Hall–Kier alpha value is -0.960. The average molecular weight is 76.1 g/mol. The fourth-order valence-corrected chi connectivity index (χ4v) is 0.304. The summed E-state index contributed by atoms with van der Waals surface area (Å²) in [5.41, 5.74) is 0. The van der Waals surface area contributed by atoms with Gasteiger partial charge in [0.2, 0.25) is 0 Å². The Labute approximate surface area is 37.4 Å². The molecule has 0 heteroatoms. The Kier molecular flexibility index (Phi) is 0.793. The van der Waals surface area contributed by atoms with E-state index in [2.05, 4.69) is 12.1 Å². The van der Waals surface area contributed by atoms with Crippen molar-refractivity contribution in [1.29, 1.82) is 0 Å². The largest absolute Gasteiger partial charge is 0.0702 e. The molecule has 0 bridgehead atoms. The Morgan fingerprint density at radius 2 is 1.33 bits per heavy atom. The van der Waals surface area contributed by atoms with Gasteiger partial charge in [0.05, 0.1) is 0 Å². The van der Waals surface area contributed by atoms with E-state index in [1.54, 1.807) is 0 Å². The van der Waals surface area contributed by atoms with Crippen molar-refractivity contribution in [1.82, 2.24) is 0 Å². The molecule has 28 valence electrons. The van der Waals surface area contributed by atoms with E-state index in [0.29, 0.717) is 0 Å². The van der Waals surface area contributed by atoms with Crippen LogP contribution in [0.5, 0.6) is 0 Å². The van der Waals surface area contributed by atoms with Crippen molar-refractivity contribution in [2.75, 3.05) is 0 Å². The molecule has 0 aliphatic carbocycles. The smallest absolute Gasteiger partial charge is 0.0115 e. The molecule has 0 atom stereocenters. The first-order chi connectivity index (χ1) is 3.00. The number of hydrogen-bond donors (Lipinski definition) is 0. The molecule has 0 aromatic heterocycles. The van der Waals surface area contributed by atoms with Crippen molar-refractivity contribution in [3.8, 4) is 0 Å². The van der Waals surface area contributed by atoms with E-state index >= 15 is 0 Å². The SMILES string of the molecule is c1ccccc#1. The Morgan fingerprint density at radius 3 is 1.50 bits per heavy atom. The van der Waals surface area contributed by atoms with Crippen molar-refractivity contribution in [3.05, 3.63) is 36.4 Å². The lowest BCUT2D eigenvalue weighted by molar-refractivity contribution is 1.76. The van der Waals surface area contributed by atoms with Crippen LogP contribution < -0.4 is 0 Å². The molecule has 0 unspecified atom stereocenters. The topological polar surface area (TPSA) is 0 Å². The first-order valence-electron chi connectivity index (χ1n) is 1.83. The first-order valence-corrected chi connectivity index (χ1v) is 1.83. The summed E-state index contributed by atoms with van der Waals surface area (Å²) in [5, 5.41) is 0.